The van der Waals surface area contributed by atoms with E-state index in [4.69, 9.17) is 0 Å². The van der Waals surface area contributed by atoms with Crippen LogP contribution in [0.1, 0.15) is 18.5 Å². The lowest BCUT2D eigenvalue weighted by molar-refractivity contribution is -0.384. The summed E-state index contributed by atoms with van der Waals surface area (Å²) in [7, 11) is 1.62. The predicted octanol–water partition coefficient (Wildman–Crippen LogP) is 2.32. The molecule has 1 aliphatic heterocycles. The van der Waals surface area contributed by atoms with Gasteiger partial charge in [-0.25, -0.2) is 4.68 Å². The van der Waals surface area contributed by atoms with E-state index >= 15 is 0 Å². The molecule has 0 saturated carbocycles. The van der Waals surface area contributed by atoms with Gasteiger partial charge in [0.1, 0.15) is 5.69 Å². The molecule has 0 aromatic carbocycles. The zero-order chi connectivity index (χ0) is 17.2. The number of aryl methyl sites for hydroxylation is 2. The standard InChI is InChI=1S/C13H20F3N5O2/c1-9-11(21(22)23)12(19(2)18-9)17-7-10-3-5-20(6-4-10)8-13(14,15)16/h10,17H,3-8H2,1-2H3. The van der Waals surface area contributed by atoms with E-state index in [1.54, 1.807) is 14.0 Å². The van der Waals surface area contributed by atoms with E-state index in [9.17, 15) is 23.3 Å². The number of piperidine rings is 1. The van der Waals surface area contributed by atoms with Crippen molar-refractivity contribution in [2.24, 2.45) is 13.0 Å². The molecule has 2 rings (SSSR count). The van der Waals surface area contributed by atoms with E-state index in [1.165, 1.54) is 9.58 Å². The highest BCUT2D eigenvalue weighted by Crippen LogP contribution is 2.28. The van der Waals surface area contributed by atoms with E-state index < -0.39 is 17.6 Å². The van der Waals surface area contributed by atoms with Gasteiger partial charge in [-0.3, -0.25) is 15.0 Å². The Hall–Kier alpha value is -1.84. The van der Waals surface area contributed by atoms with Crippen LogP contribution in [0, 0.1) is 23.0 Å². The molecule has 1 N–H and O–H groups in total. The van der Waals surface area contributed by atoms with Gasteiger partial charge < -0.3 is 5.32 Å². The Morgan fingerprint density at radius 1 is 1.39 bits per heavy atom. The van der Waals surface area contributed by atoms with Gasteiger partial charge in [0.2, 0.25) is 5.82 Å². The summed E-state index contributed by atoms with van der Waals surface area (Å²) >= 11 is 0. The lowest BCUT2D eigenvalue weighted by Crippen LogP contribution is -2.41. The topological polar surface area (TPSA) is 76.2 Å². The maximum atomic E-state index is 12.3. The Bertz CT molecular complexity index is 565. The summed E-state index contributed by atoms with van der Waals surface area (Å²) in [6, 6.07) is 0. The average molecular weight is 335 g/mol. The minimum atomic E-state index is -4.17. The van der Waals surface area contributed by atoms with Crippen LogP contribution in [0.3, 0.4) is 0 Å². The second kappa shape index (κ2) is 6.73. The summed E-state index contributed by atoms with van der Waals surface area (Å²) in [4.78, 5) is 12.0. The van der Waals surface area contributed by atoms with Crippen molar-refractivity contribution in [1.29, 1.82) is 0 Å². The minimum absolute atomic E-state index is 0.0537. The van der Waals surface area contributed by atoms with E-state index in [2.05, 4.69) is 10.4 Å². The first-order valence-electron chi connectivity index (χ1n) is 7.38. The molecule has 0 radical (unpaired) electrons. The van der Waals surface area contributed by atoms with Gasteiger partial charge in [0, 0.05) is 13.6 Å². The fraction of sp³-hybridized carbons (Fsp3) is 0.769. The normalized spacial score (nSPS) is 17.4. The molecule has 0 bridgehead atoms. The van der Waals surface area contributed by atoms with E-state index in [0.717, 1.165) is 0 Å². The van der Waals surface area contributed by atoms with Gasteiger partial charge in [-0.2, -0.15) is 18.3 Å². The van der Waals surface area contributed by atoms with Crippen molar-refractivity contribution < 1.29 is 18.1 Å². The molecule has 130 valence electrons. The van der Waals surface area contributed by atoms with Crippen molar-refractivity contribution >= 4 is 11.5 Å². The van der Waals surface area contributed by atoms with Crippen LogP contribution in [-0.2, 0) is 7.05 Å². The first-order valence-corrected chi connectivity index (χ1v) is 7.38. The molecule has 1 fully saturated rings. The fourth-order valence-corrected chi connectivity index (χ4v) is 2.91. The largest absolute Gasteiger partial charge is 0.401 e. The monoisotopic (exact) mass is 335 g/mol. The zero-order valence-corrected chi connectivity index (χ0v) is 13.1. The number of nitrogens with one attached hydrogen (secondary N) is 1. The zero-order valence-electron chi connectivity index (χ0n) is 13.1. The second-order valence-electron chi connectivity index (χ2n) is 5.88. The van der Waals surface area contributed by atoms with Crippen LogP contribution in [0.15, 0.2) is 0 Å². The molecule has 10 heteroatoms. The van der Waals surface area contributed by atoms with Crippen molar-refractivity contribution in [2.45, 2.75) is 25.9 Å². The highest BCUT2D eigenvalue weighted by atomic mass is 19.4. The van der Waals surface area contributed by atoms with Crippen LogP contribution in [0.2, 0.25) is 0 Å². The summed E-state index contributed by atoms with van der Waals surface area (Å²) in [5.74, 6) is 0.527. The highest BCUT2D eigenvalue weighted by Gasteiger charge is 2.32. The van der Waals surface area contributed by atoms with Crippen LogP contribution in [0.5, 0.6) is 0 Å². The molecule has 2 heterocycles. The van der Waals surface area contributed by atoms with Gasteiger partial charge in [-0.1, -0.05) is 0 Å². The van der Waals surface area contributed by atoms with Gasteiger partial charge in [0.05, 0.1) is 11.5 Å². The summed E-state index contributed by atoms with van der Waals surface area (Å²) < 4.78 is 38.5. The summed E-state index contributed by atoms with van der Waals surface area (Å²) in [5.41, 5.74) is 0.280. The number of halogens is 3. The number of anilines is 1. The lowest BCUT2D eigenvalue weighted by atomic mass is 9.97. The Morgan fingerprint density at radius 3 is 2.52 bits per heavy atom. The third kappa shape index (κ3) is 4.57. The number of nitrogens with zero attached hydrogens (tertiary/aromatic N) is 4. The Balaban J connectivity index is 1.88. The van der Waals surface area contributed by atoms with Crippen molar-refractivity contribution in [2.75, 3.05) is 31.5 Å². The van der Waals surface area contributed by atoms with E-state index in [-0.39, 0.29) is 11.6 Å². The summed E-state index contributed by atoms with van der Waals surface area (Å²) in [6.07, 6.45) is -2.90. The van der Waals surface area contributed by atoms with Gasteiger partial charge in [-0.15, -0.1) is 0 Å². The summed E-state index contributed by atoms with van der Waals surface area (Å²) in [6.45, 7) is 1.95. The quantitative estimate of drug-likeness (QED) is 0.660. The van der Waals surface area contributed by atoms with Crippen LogP contribution < -0.4 is 5.32 Å². The molecule has 0 spiro atoms. The van der Waals surface area contributed by atoms with Crippen LogP contribution in [0.25, 0.3) is 0 Å². The predicted molar refractivity (Wildman–Crippen MR) is 78.3 cm³/mol. The van der Waals surface area contributed by atoms with Crippen molar-refractivity contribution in [1.82, 2.24) is 14.7 Å². The minimum Gasteiger partial charge on any atom is -0.364 e. The number of alkyl halides is 3. The third-order valence-electron chi connectivity index (χ3n) is 4.04. The fourth-order valence-electron chi connectivity index (χ4n) is 2.91. The number of likely N-dealkylation sites (tertiary alicyclic amines) is 1. The SMILES string of the molecule is Cc1nn(C)c(NCC2CCN(CC(F)(F)F)CC2)c1[N+](=O)[O-]. The molecule has 0 unspecified atom stereocenters. The molecular formula is C13H20F3N5O2. The first kappa shape index (κ1) is 17.5. The van der Waals surface area contributed by atoms with E-state index in [0.29, 0.717) is 44.0 Å². The molecule has 7 nitrogen and oxygen atoms in total. The Kier molecular flexibility index (Phi) is 5.12. The van der Waals surface area contributed by atoms with Crippen molar-refractivity contribution in [3.63, 3.8) is 0 Å². The lowest BCUT2D eigenvalue weighted by Gasteiger charge is -2.32. The van der Waals surface area contributed by atoms with E-state index in [1.807, 2.05) is 0 Å². The van der Waals surface area contributed by atoms with Gasteiger partial charge >= 0.3 is 11.9 Å². The van der Waals surface area contributed by atoms with Gasteiger partial charge in [0.25, 0.3) is 0 Å². The molecule has 1 aliphatic rings. The molecule has 0 aliphatic carbocycles. The van der Waals surface area contributed by atoms with Crippen molar-refractivity contribution in [3.05, 3.63) is 15.8 Å². The maximum Gasteiger partial charge on any atom is 0.401 e. The van der Waals surface area contributed by atoms with Gasteiger partial charge in [0.15, 0.2) is 0 Å². The van der Waals surface area contributed by atoms with Crippen LogP contribution >= 0.6 is 0 Å². The van der Waals surface area contributed by atoms with Gasteiger partial charge in [-0.05, 0) is 38.8 Å². The number of hydrogen-bond acceptors (Lipinski definition) is 5. The average Bonchev–Trinajstić information content (AvgIpc) is 2.70. The molecule has 0 amide bonds. The molecule has 23 heavy (non-hydrogen) atoms. The smallest absolute Gasteiger partial charge is 0.364 e. The van der Waals surface area contributed by atoms with Crippen molar-refractivity contribution in [3.8, 4) is 0 Å². The van der Waals surface area contributed by atoms with Crippen LogP contribution in [0.4, 0.5) is 24.7 Å². The molecule has 0 atom stereocenters. The summed E-state index contributed by atoms with van der Waals surface area (Å²) in [5, 5.41) is 18.1. The second-order valence-corrected chi connectivity index (χ2v) is 5.88. The maximum absolute atomic E-state index is 12.3. The molecule has 1 aromatic heterocycles. The Morgan fingerprint density at radius 2 is 2.00 bits per heavy atom. The highest BCUT2D eigenvalue weighted by molar-refractivity contribution is 5.59. The number of rotatable bonds is 5. The van der Waals surface area contributed by atoms with Crippen LogP contribution in [-0.4, -0.2) is 52.0 Å². The number of nitro groups is 1. The Labute approximate surface area is 131 Å². The number of hydrogen-bond donors (Lipinski definition) is 1. The number of aromatic nitrogens is 2. The molecular weight excluding hydrogens is 315 g/mol. The molecule has 1 saturated heterocycles. The third-order valence-corrected chi connectivity index (χ3v) is 4.04. The first-order chi connectivity index (χ1) is 10.7. The molecule has 1 aromatic rings.